The Bertz CT molecular complexity index is 671. The fourth-order valence-corrected chi connectivity index (χ4v) is 3.61. The second-order valence-electron chi connectivity index (χ2n) is 5.31. The molecule has 0 spiro atoms. The van der Waals surface area contributed by atoms with Gasteiger partial charge in [-0.3, -0.25) is 4.90 Å². The van der Waals surface area contributed by atoms with Crippen LogP contribution >= 0.6 is 11.8 Å². The standard InChI is InChI=1S/C17H18N2OS/c1-12-6-5-7-14(10-12)18-17(20)19-11-13(2)21-16-9-4-3-8-15(16)19/h3-10,13H,11H2,1-2H3,(H,18,20). The molecule has 0 aliphatic carbocycles. The molecule has 2 aromatic carbocycles. The van der Waals surface area contributed by atoms with Gasteiger partial charge in [-0.2, -0.15) is 0 Å². The highest BCUT2D eigenvalue weighted by Gasteiger charge is 2.26. The fourth-order valence-electron chi connectivity index (χ4n) is 2.50. The van der Waals surface area contributed by atoms with Crippen LogP contribution in [0.15, 0.2) is 53.4 Å². The number of rotatable bonds is 1. The zero-order chi connectivity index (χ0) is 14.8. The van der Waals surface area contributed by atoms with Gasteiger partial charge in [0.05, 0.1) is 5.69 Å². The summed E-state index contributed by atoms with van der Waals surface area (Å²) in [6, 6.07) is 15.9. The molecule has 21 heavy (non-hydrogen) atoms. The Morgan fingerprint density at radius 2 is 2.05 bits per heavy atom. The fraction of sp³-hybridized carbons (Fsp3) is 0.235. The lowest BCUT2D eigenvalue weighted by Gasteiger charge is -2.32. The largest absolute Gasteiger partial charge is 0.326 e. The summed E-state index contributed by atoms with van der Waals surface area (Å²) in [5, 5.41) is 3.38. The first-order valence-electron chi connectivity index (χ1n) is 7.04. The predicted molar refractivity (Wildman–Crippen MR) is 89.3 cm³/mol. The minimum atomic E-state index is -0.0693. The summed E-state index contributed by atoms with van der Waals surface area (Å²) >= 11 is 1.82. The Balaban J connectivity index is 1.85. The van der Waals surface area contributed by atoms with Gasteiger partial charge >= 0.3 is 6.03 Å². The van der Waals surface area contributed by atoms with Crippen LogP contribution in [0.3, 0.4) is 0 Å². The molecule has 2 aromatic rings. The van der Waals surface area contributed by atoms with E-state index in [4.69, 9.17) is 0 Å². The highest BCUT2D eigenvalue weighted by molar-refractivity contribution is 8.00. The SMILES string of the molecule is Cc1cccc(NC(=O)N2CC(C)Sc3ccccc32)c1. The van der Waals surface area contributed by atoms with Gasteiger partial charge in [-0.05, 0) is 36.8 Å². The van der Waals surface area contributed by atoms with Crippen molar-refractivity contribution in [2.45, 2.75) is 24.0 Å². The normalized spacial score (nSPS) is 17.2. The van der Waals surface area contributed by atoms with Crippen LogP contribution in [0.25, 0.3) is 0 Å². The predicted octanol–water partition coefficient (Wildman–Crippen LogP) is 4.53. The van der Waals surface area contributed by atoms with Gasteiger partial charge < -0.3 is 5.32 Å². The lowest BCUT2D eigenvalue weighted by Crippen LogP contribution is -2.41. The van der Waals surface area contributed by atoms with Crippen molar-refractivity contribution in [2.75, 3.05) is 16.8 Å². The van der Waals surface area contributed by atoms with Gasteiger partial charge in [0.1, 0.15) is 0 Å². The van der Waals surface area contributed by atoms with Crippen molar-refractivity contribution in [3.63, 3.8) is 0 Å². The van der Waals surface area contributed by atoms with Crippen molar-refractivity contribution in [3.05, 3.63) is 54.1 Å². The molecular formula is C17H18N2OS. The highest BCUT2D eigenvalue weighted by atomic mass is 32.2. The average Bonchev–Trinajstić information content (AvgIpc) is 2.46. The zero-order valence-electron chi connectivity index (χ0n) is 12.2. The molecule has 1 unspecified atom stereocenters. The van der Waals surface area contributed by atoms with Gasteiger partial charge in [0.25, 0.3) is 0 Å². The van der Waals surface area contributed by atoms with Crippen molar-refractivity contribution in [1.82, 2.24) is 0 Å². The van der Waals surface area contributed by atoms with E-state index in [1.807, 2.05) is 66.1 Å². The number of hydrogen-bond donors (Lipinski definition) is 1. The Labute approximate surface area is 129 Å². The van der Waals surface area contributed by atoms with Crippen LogP contribution in [0.1, 0.15) is 12.5 Å². The maximum atomic E-state index is 12.6. The van der Waals surface area contributed by atoms with E-state index in [1.165, 1.54) is 0 Å². The van der Waals surface area contributed by atoms with Crippen LogP contribution in [0, 0.1) is 6.92 Å². The number of aryl methyl sites for hydroxylation is 1. The Morgan fingerprint density at radius 1 is 1.24 bits per heavy atom. The third-order valence-corrected chi connectivity index (χ3v) is 4.59. The highest BCUT2D eigenvalue weighted by Crippen LogP contribution is 2.38. The van der Waals surface area contributed by atoms with Gasteiger partial charge in [0.15, 0.2) is 0 Å². The van der Waals surface area contributed by atoms with E-state index in [-0.39, 0.29) is 6.03 Å². The number of benzene rings is 2. The van der Waals surface area contributed by atoms with E-state index < -0.39 is 0 Å². The van der Waals surface area contributed by atoms with E-state index in [0.29, 0.717) is 5.25 Å². The number of anilines is 2. The molecule has 4 heteroatoms. The van der Waals surface area contributed by atoms with Gasteiger partial charge in [0, 0.05) is 22.4 Å². The second-order valence-corrected chi connectivity index (χ2v) is 6.79. The molecule has 1 aliphatic rings. The maximum absolute atomic E-state index is 12.6. The molecule has 0 saturated carbocycles. The van der Waals surface area contributed by atoms with Gasteiger partial charge in [0.2, 0.25) is 0 Å². The lowest BCUT2D eigenvalue weighted by molar-refractivity contribution is 0.256. The number of amides is 2. The molecule has 0 fully saturated rings. The average molecular weight is 298 g/mol. The first kappa shape index (κ1) is 14.0. The summed E-state index contributed by atoms with van der Waals surface area (Å²) in [6.45, 7) is 4.89. The first-order chi connectivity index (χ1) is 10.1. The third-order valence-electron chi connectivity index (χ3n) is 3.44. The van der Waals surface area contributed by atoms with Gasteiger partial charge in [-0.25, -0.2) is 4.79 Å². The van der Waals surface area contributed by atoms with Crippen LogP contribution in [0.4, 0.5) is 16.2 Å². The Kier molecular flexibility index (Phi) is 3.88. The number of thioether (sulfide) groups is 1. The smallest absolute Gasteiger partial charge is 0.308 e. The van der Waals surface area contributed by atoms with Gasteiger partial charge in [-0.15, -0.1) is 11.8 Å². The summed E-state index contributed by atoms with van der Waals surface area (Å²) in [6.07, 6.45) is 0. The number of para-hydroxylation sites is 1. The van der Waals surface area contributed by atoms with Crippen molar-refractivity contribution >= 4 is 29.2 Å². The number of hydrogen-bond acceptors (Lipinski definition) is 2. The van der Waals surface area contributed by atoms with Crippen molar-refractivity contribution < 1.29 is 4.79 Å². The summed E-state index contributed by atoms with van der Waals surface area (Å²) < 4.78 is 0. The van der Waals surface area contributed by atoms with Crippen LogP contribution in [0.2, 0.25) is 0 Å². The molecule has 0 saturated heterocycles. The molecule has 1 heterocycles. The van der Waals surface area contributed by atoms with Gasteiger partial charge in [-0.1, -0.05) is 31.2 Å². The number of carbonyl (C=O) groups excluding carboxylic acids is 1. The monoisotopic (exact) mass is 298 g/mol. The molecule has 0 aromatic heterocycles. The summed E-state index contributed by atoms with van der Waals surface area (Å²) in [5.41, 5.74) is 2.96. The van der Waals surface area contributed by atoms with Crippen LogP contribution < -0.4 is 10.2 Å². The molecule has 1 aliphatic heterocycles. The van der Waals surface area contributed by atoms with Crippen LogP contribution in [-0.2, 0) is 0 Å². The number of fused-ring (bicyclic) bond motifs is 1. The second kappa shape index (κ2) is 5.82. The van der Waals surface area contributed by atoms with E-state index in [1.54, 1.807) is 0 Å². The van der Waals surface area contributed by atoms with E-state index >= 15 is 0 Å². The maximum Gasteiger partial charge on any atom is 0.326 e. The van der Waals surface area contributed by atoms with Crippen LogP contribution in [0.5, 0.6) is 0 Å². The minimum absolute atomic E-state index is 0.0693. The Hall–Kier alpha value is -1.94. The van der Waals surface area contributed by atoms with Crippen molar-refractivity contribution in [3.8, 4) is 0 Å². The van der Waals surface area contributed by atoms with Crippen molar-refractivity contribution in [1.29, 1.82) is 0 Å². The molecule has 0 radical (unpaired) electrons. The molecular weight excluding hydrogens is 280 g/mol. The lowest BCUT2D eigenvalue weighted by atomic mass is 10.2. The Morgan fingerprint density at radius 3 is 2.86 bits per heavy atom. The van der Waals surface area contributed by atoms with Crippen LogP contribution in [-0.4, -0.2) is 17.8 Å². The molecule has 2 amide bonds. The molecule has 3 rings (SSSR count). The first-order valence-corrected chi connectivity index (χ1v) is 7.92. The third kappa shape index (κ3) is 3.05. The van der Waals surface area contributed by atoms with E-state index in [9.17, 15) is 4.79 Å². The van der Waals surface area contributed by atoms with E-state index in [2.05, 4.69) is 18.3 Å². The summed E-state index contributed by atoms with van der Waals surface area (Å²) in [5.74, 6) is 0. The number of carbonyl (C=O) groups is 1. The molecule has 0 bridgehead atoms. The van der Waals surface area contributed by atoms with Crippen molar-refractivity contribution in [2.24, 2.45) is 0 Å². The molecule has 1 atom stereocenters. The summed E-state index contributed by atoms with van der Waals surface area (Å²) in [7, 11) is 0. The number of nitrogens with zero attached hydrogens (tertiary/aromatic N) is 1. The molecule has 1 N–H and O–H groups in total. The molecule has 3 nitrogen and oxygen atoms in total. The zero-order valence-corrected chi connectivity index (χ0v) is 13.0. The quantitative estimate of drug-likeness (QED) is 0.839. The number of urea groups is 1. The molecule has 108 valence electrons. The minimum Gasteiger partial charge on any atom is -0.308 e. The topological polar surface area (TPSA) is 32.3 Å². The van der Waals surface area contributed by atoms with E-state index in [0.717, 1.165) is 28.4 Å². The summed E-state index contributed by atoms with van der Waals surface area (Å²) in [4.78, 5) is 15.6. The number of nitrogens with one attached hydrogen (secondary N) is 1.